The van der Waals surface area contributed by atoms with Crippen molar-refractivity contribution < 1.29 is 14.3 Å². The molecule has 0 atom stereocenters. The minimum Gasteiger partial charge on any atom is -0.465 e. The molecule has 0 bridgehead atoms. The van der Waals surface area contributed by atoms with Gasteiger partial charge in [0.1, 0.15) is 11.8 Å². The Morgan fingerprint density at radius 2 is 1.94 bits per heavy atom. The van der Waals surface area contributed by atoms with Crippen molar-refractivity contribution in [3.8, 4) is 11.8 Å². The number of aromatic nitrogens is 5. The van der Waals surface area contributed by atoms with Crippen LogP contribution in [0.5, 0.6) is 0 Å². The van der Waals surface area contributed by atoms with Crippen LogP contribution in [-0.2, 0) is 6.42 Å². The van der Waals surface area contributed by atoms with Crippen LogP contribution in [-0.4, -0.2) is 42.7 Å². The van der Waals surface area contributed by atoms with Crippen molar-refractivity contribution in [3.05, 3.63) is 77.6 Å². The highest BCUT2D eigenvalue weighted by Gasteiger charge is 2.15. The number of carboxylic acid groups (broad SMARTS) is 1. The van der Waals surface area contributed by atoms with Crippen molar-refractivity contribution >= 4 is 29.1 Å². The summed E-state index contributed by atoms with van der Waals surface area (Å²) in [6.45, 7) is 2.11. The summed E-state index contributed by atoms with van der Waals surface area (Å²) >= 11 is 0. The van der Waals surface area contributed by atoms with Gasteiger partial charge in [-0.05, 0) is 43.5 Å². The standard InChI is InChI=1S/C24H22FN9O2/c1-15-21(34-29-9-10-30-34)12-18(14-28-15)31-22-17(13-26)11-19(25)23(33-22)32-20-7-3-2-5-16(20)6-4-8-27-24(35)36/h2-3,5,7,9-12,14,27H,4,6,8H2,1H3,(H,35,36)(H2,31,32,33). The van der Waals surface area contributed by atoms with Crippen molar-refractivity contribution in [3.63, 3.8) is 0 Å². The number of carbonyl (C=O) groups is 1. The number of hydrogen-bond acceptors (Lipinski definition) is 8. The van der Waals surface area contributed by atoms with Crippen molar-refractivity contribution in [1.29, 1.82) is 5.26 Å². The number of pyridine rings is 2. The third kappa shape index (κ3) is 5.71. The summed E-state index contributed by atoms with van der Waals surface area (Å²) in [4.78, 5) is 20.8. The predicted molar refractivity (Wildman–Crippen MR) is 130 cm³/mol. The summed E-state index contributed by atoms with van der Waals surface area (Å²) in [5, 5.41) is 34.9. The number of anilines is 4. The second-order valence-corrected chi connectivity index (χ2v) is 7.72. The van der Waals surface area contributed by atoms with E-state index in [0.29, 0.717) is 42.1 Å². The Hall–Kier alpha value is -5.05. The van der Waals surface area contributed by atoms with Gasteiger partial charge in [-0.2, -0.15) is 15.5 Å². The Morgan fingerprint density at radius 3 is 2.69 bits per heavy atom. The van der Waals surface area contributed by atoms with E-state index in [4.69, 9.17) is 5.11 Å². The zero-order valence-electron chi connectivity index (χ0n) is 19.2. The number of rotatable bonds is 9. The zero-order valence-corrected chi connectivity index (χ0v) is 19.2. The largest absolute Gasteiger partial charge is 0.465 e. The first-order valence-electron chi connectivity index (χ1n) is 11.0. The molecule has 11 nitrogen and oxygen atoms in total. The van der Waals surface area contributed by atoms with Gasteiger partial charge in [0.15, 0.2) is 17.5 Å². The summed E-state index contributed by atoms with van der Waals surface area (Å²) in [7, 11) is 0. The third-order valence-electron chi connectivity index (χ3n) is 5.22. The number of benzene rings is 1. The fraction of sp³-hybridized carbons (Fsp3) is 0.167. The molecule has 182 valence electrons. The van der Waals surface area contributed by atoms with Gasteiger partial charge < -0.3 is 21.1 Å². The molecule has 0 unspecified atom stereocenters. The molecule has 3 heterocycles. The van der Waals surface area contributed by atoms with Crippen LogP contribution >= 0.6 is 0 Å². The molecule has 0 aliphatic carbocycles. The Kier molecular flexibility index (Phi) is 7.30. The van der Waals surface area contributed by atoms with Crippen LogP contribution in [0.4, 0.5) is 32.2 Å². The van der Waals surface area contributed by atoms with Crippen LogP contribution in [0, 0.1) is 24.1 Å². The van der Waals surface area contributed by atoms with Gasteiger partial charge in [0, 0.05) is 12.2 Å². The minimum atomic E-state index is -1.08. The lowest BCUT2D eigenvalue weighted by atomic mass is 10.1. The van der Waals surface area contributed by atoms with E-state index in [0.717, 1.165) is 11.6 Å². The summed E-state index contributed by atoms with van der Waals surface area (Å²) in [6.07, 6.45) is 4.71. The van der Waals surface area contributed by atoms with Gasteiger partial charge in [-0.3, -0.25) is 4.98 Å². The van der Waals surface area contributed by atoms with Crippen molar-refractivity contribution in [2.24, 2.45) is 0 Å². The van der Waals surface area contributed by atoms with Crippen LogP contribution in [0.2, 0.25) is 0 Å². The number of para-hydroxylation sites is 1. The molecule has 0 fully saturated rings. The Morgan fingerprint density at radius 1 is 1.17 bits per heavy atom. The molecule has 4 rings (SSSR count). The van der Waals surface area contributed by atoms with E-state index in [2.05, 4.69) is 36.1 Å². The van der Waals surface area contributed by atoms with E-state index in [-0.39, 0.29) is 17.2 Å². The molecule has 0 radical (unpaired) electrons. The van der Waals surface area contributed by atoms with Gasteiger partial charge in [-0.1, -0.05) is 18.2 Å². The SMILES string of the molecule is Cc1ncc(Nc2nc(Nc3ccccc3CCCNC(=O)O)c(F)cc2C#N)cc1-n1nccn1. The Labute approximate surface area is 205 Å². The molecule has 12 heteroatoms. The van der Waals surface area contributed by atoms with Gasteiger partial charge in [0.25, 0.3) is 0 Å². The first-order valence-corrected chi connectivity index (χ1v) is 11.0. The van der Waals surface area contributed by atoms with E-state index < -0.39 is 11.9 Å². The molecule has 0 saturated carbocycles. The quantitative estimate of drug-likeness (QED) is 0.256. The number of amides is 1. The van der Waals surface area contributed by atoms with E-state index in [1.54, 1.807) is 36.8 Å². The number of nitrogens with one attached hydrogen (secondary N) is 3. The molecule has 4 aromatic rings. The smallest absolute Gasteiger partial charge is 0.404 e. The molecule has 1 amide bonds. The molecular formula is C24H22FN9O2. The molecule has 0 aliphatic rings. The second kappa shape index (κ2) is 10.9. The second-order valence-electron chi connectivity index (χ2n) is 7.72. The number of hydrogen-bond donors (Lipinski definition) is 4. The number of nitrogens with zero attached hydrogens (tertiary/aromatic N) is 6. The number of halogens is 1. The van der Waals surface area contributed by atoms with Gasteiger partial charge in [-0.25, -0.2) is 14.2 Å². The topological polar surface area (TPSA) is 154 Å². The molecule has 0 saturated heterocycles. The first-order chi connectivity index (χ1) is 17.4. The Bertz CT molecular complexity index is 1420. The molecule has 0 spiro atoms. The Balaban J connectivity index is 1.59. The van der Waals surface area contributed by atoms with Gasteiger partial charge >= 0.3 is 6.09 Å². The molecule has 3 aromatic heterocycles. The zero-order chi connectivity index (χ0) is 25.5. The average Bonchev–Trinajstić information content (AvgIpc) is 3.40. The van der Waals surface area contributed by atoms with Gasteiger partial charge in [0.2, 0.25) is 0 Å². The third-order valence-corrected chi connectivity index (χ3v) is 5.22. The van der Waals surface area contributed by atoms with Crippen LogP contribution in [0.25, 0.3) is 5.69 Å². The van der Waals surface area contributed by atoms with Crippen LogP contribution < -0.4 is 16.0 Å². The summed E-state index contributed by atoms with van der Waals surface area (Å²) in [5.74, 6) is -0.612. The number of aryl methyl sites for hydroxylation is 2. The van der Waals surface area contributed by atoms with Crippen molar-refractivity contribution in [2.45, 2.75) is 19.8 Å². The highest BCUT2D eigenvalue weighted by atomic mass is 19.1. The molecule has 0 aliphatic heterocycles. The maximum Gasteiger partial charge on any atom is 0.404 e. The predicted octanol–water partition coefficient (Wildman–Crippen LogP) is 4.06. The summed E-state index contributed by atoms with van der Waals surface area (Å²) in [5.41, 5.74) is 3.35. The average molecular weight is 487 g/mol. The molecule has 36 heavy (non-hydrogen) atoms. The van der Waals surface area contributed by atoms with Crippen molar-refractivity contribution in [2.75, 3.05) is 17.2 Å². The molecule has 4 N–H and O–H groups in total. The maximum absolute atomic E-state index is 14.9. The lowest BCUT2D eigenvalue weighted by Gasteiger charge is -2.15. The summed E-state index contributed by atoms with van der Waals surface area (Å²) < 4.78 is 14.9. The molecule has 1 aromatic carbocycles. The van der Waals surface area contributed by atoms with Crippen molar-refractivity contribution in [1.82, 2.24) is 30.3 Å². The van der Waals surface area contributed by atoms with Crippen LogP contribution in [0.1, 0.15) is 23.2 Å². The fourth-order valence-corrected chi connectivity index (χ4v) is 3.49. The van der Waals surface area contributed by atoms with Gasteiger partial charge in [0.05, 0.1) is 35.5 Å². The molecular weight excluding hydrogens is 465 g/mol. The monoisotopic (exact) mass is 487 g/mol. The number of nitriles is 1. The highest BCUT2D eigenvalue weighted by Crippen LogP contribution is 2.28. The first kappa shape index (κ1) is 24.1. The van der Waals surface area contributed by atoms with Crippen LogP contribution in [0.3, 0.4) is 0 Å². The minimum absolute atomic E-state index is 0.0189. The van der Waals surface area contributed by atoms with Crippen LogP contribution in [0.15, 0.2) is 55.0 Å². The van der Waals surface area contributed by atoms with E-state index in [9.17, 15) is 14.4 Å². The summed E-state index contributed by atoms with van der Waals surface area (Å²) in [6, 6.07) is 12.1. The van der Waals surface area contributed by atoms with E-state index in [1.165, 1.54) is 4.80 Å². The lowest BCUT2D eigenvalue weighted by Crippen LogP contribution is -2.22. The van der Waals surface area contributed by atoms with E-state index >= 15 is 0 Å². The van der Waals surface area contributed by atoms with Gasteiger partial charge in [-0.15, -0.1) is 4.80 Å². The van der Waals surface area contributed by atoms with E-state index in [1.807, 2.05) is 25.1 Å². The normalized spacial score (nSPS) is 10.5. The highest BCUT2D eigenvalue weighted by molar-refractivity contribution is 5.69. The fourth-order valence-electron chi connectivity index (χ4n) is 3.49. The lowest BCUT2D eigenvalue weighted by molar-refractivity contribution is 0.194. The maximum atomic E-state index is 14.9.